The van der Waals surface area contributed by atoms with Crippen molar-refractivity contribution in [3.05, 3.63) is 109 Å². The third-order valence-electron chi connectivity index (χ3n) is 6.15. The van der Waals surface area contributed by atoms with Gasteiger partial charge in [0, 0.05) is 11.5 Å². The number of nitro groups is 1. The average Bonchev–Trinajstić information content (AvgIpc) is 3.21. The van der Waals surface area contributed by atoms with E-state index in [0.717, 1.165) is 33.5 Å². The summed E-state index contributed by atoms with van der Waals surface area (Å²) in [5, 5.41) is 12.8. The van der Waals surface area contributed by atoms with Crippen molar-refractivity contribution in [3.8, 4) is 17.2 Å². The molecule has 42 heavy (non-hydrogen) atoms. The molecule has 5 rings (SSSR count). The first kappa shape index (κ1) is 29.1. The molecule has 1 fully saturated rings. The Morgan fingerprint density at radius 3 is 2.43 bits per heavy atom. The van der Waals surface area contributed by atoms with Crippen molar-refractivity contribution in [2.45, 2.75) is 6.18 Å². The van der Waals surface area contributed by atoms with E-state index in [0.29, 0.717) is 27.9 Å². The molecule has 0 saturated carbocycles. The number of hydrogen-bond acceptors (Lipinski definition) is 7. The van der Waals surface area contributed by atoms with E-state index in [9.17, 15) is 32.9 Å². The highest BCUT2D eigenvalue weighted by atomic mass is 79.9. The number of nitro benzene ring substituents is 1. The van der Waals surface area contributed by atoms with Crippen LogP contribution in [-0.4, -0.2) is 34.1 Å². The Hall–Kier alpha value is -4.36. The summed E-state index contributed by atoms with van der Waals surface area (Å²) in [7, 11) is 0. The van der Waals surface area contributed by atoms with Gasteiger partial charge in [-0.1, -0.05) is 42.5 Å². The smallest absolute Gasteiger partial charge is 0.416 e. The number of hydrogen-bond donors (Lipinski definition) is 0. The lowest BCUT2D eigenvalue weighted by Crippen LogP contribution is -2.32. The molecule has 1 aliphatic rings. The van der Waals surface area contributed by atoms with E-state index in [1.165, 1.54) is 18.2 Å². The van der Waals surface area contributed by atoms with Gasteiger partial charge in [-0.05, 0) is 75.0 Å². The normalized spacial score (nSPS) is 14.6. The molecule has 4 aromatic carbocycles. The fourth-order valence-electron chi connectivity index (χ4n) is 4.14. The molecule has 1 saturated heterocycles. The summed E-state index contributed by atoms with van der Waals surface area (Å²) in [6.07, 6.45) is -3.25. The second kappa shape index (κ2) is 11.9. The SMILES string of the molecule is O=C1S/C(=C\c2ccc(Oc3ccc(C(F)(F)F)cc3[N+](=O)[O-])c(Br)c2)C(=O)N1CCOc1cccc2ccccc12. The van der Waals surface area contributed by atoms with Crippen LogP contribution in [0.4, 0.5) is 23.7 Å². The van der Waals surface area contributed by atoms with Gasteiger partial charge in [0.15, 0.2) is 0 Å². The van der Waals surface area contributed by atoms with Crippen LogP contribution in [0.1, 0.15) is 11.1 Å². The Kier molecular flexibility index (Phi) is 8.23. The van der Waals surface area contributed by atoms with Crippen LogP contribution >= 0.6 is 27.7 Å². The first-order valence-corrected chi connectivity index (χ1v) is 13.8. The molecule has 1 heterocycles. The van der Waals surface area contributed by atoms with Gasteiger partial charge >= 0.3 is 11.9 Å². The number of halogens is 4. The summed E-state index contributed by atoms with van der Waals surface area (Å²) in [5.41, 5.74) is -1.52. The first-order valence-electron chi connectivity index (χ1n) is 12.2. The Balaban J connectivity index is 1.27. The number of carbonyl (C=O) groups excluding carboxylic acids is 2. The molecule has 0 N–H and O–H groups in total. The molecule has 214 valence electrons. The van der Waals surface area contributed by atoms with Gasteiger partial charge in [0.1, 0.15) is 18.1 Å². The predicted molar refractivity (Wildman–Crippen MR) is 154 cm³/mol. The van der Waals surface area contributed by atoms with E-state index >= 15 is 0 Å². The van der Waals surface area contributed by atoms with Crippen molar-refractivity contribution in [1.82, 2.24) is 4.90 Å². The van der Waals surface area contributed by atoms with Crippen molar-refractivity contribution in [3.63, 3.8) is 0 Å². The van der Waals surface area contributed by atoms with E-state index < -0.39 is 33.5 Å². The minimum Gasteiger partial charge on any atom is -0.491 e. The number of imide groups is 1. The number of ether oxygens (including phenoxy) is 2. The molecule has 0 aromatic heterocycles. The van der Waals surface area contributed by atoms with E-state index in [4.69, 9.17) is 9.47 Å². The van der Waals surface area contributed by atoms with Crippen molar-refractivity contribution >= 4 is 61.4 Å². The Labute approximate surface area is 249 Å². The van der Waals surface area contributed by atoms with Crippen LogP contribution in [0.25, 0.3) is 16.8 Å². The van der Waals surface area contributed by atoms with Gasteiger partial charge < -0.3 is 9.47 Å². The second-order valence-electron chi connectivity index (χ2n) is 8.89. The number of fused-ring (bicyclic) bond motifs is 1. The van der Waals surface area contributed by atoms with E-state index in [2.05, 4.69) is 15.9 Å². The summed E-state index contributed by atoms with van der Waals surface area (Å²) < 4.78 is 50.7. The van der Waals surface area contributed by atoms with Gasteiger partial charge in [0.25, 0.3) is 11.1 Å². The van der Waals surface area contributed by atoms with Gasteiger partial charge in [0.2, 0.25) is 5.75 Å². The van der Waals surface area contributed by atoms with Gasteiger partial charge in [0.05, 0.1) is 26.4 Å². The monoisotopic (exact) mass is 658 g/mol. The molecule has 0 unspecified atom stereocenters. The van der Waals surface area contributed by atoms with Gasteiger partial charge in [-0.3, -0.25) is 24.6 Å². The van der Waals surface area contributed by atoms with E-state index in [-0.39, 0.29) is 29.6 Å². The molecular weight excluding hydrogens is 641 g/mol. The lowest BCUT2D eigenvalue weighted by molar-refractivity contribution is -0.385. The zero-order chi connectivity index (χ0) is 30.0. The van der Waals surface area contributed by atoms with Crippen LogP contribution < -0.4 is 9.47 Å². The van der Waals surface area contributed by atoms with Crippen LogP contribution in [-0.2, 0) is 11.0 Å². The number of amides is 2. The summed E-state index contributed by atoms with van der Waals surface area (Å²) in [4.78, 5) is 37.2. The molecule has 0 bridgehead atoms. The fourth-order valence-corrected chi connectivity index (χ4v) is 5.49. The number of thioether (sulfide) groups is 1. The summed E-state index contributed by atoms with van der Waals surface area (Å²) in [5.74, 6) is -0.130. The topological polar surface area (TPSA) is 99.0 Å². The van der Waals surface area contributed by atoms with Gasteiger partial charge in [-0.2, -0.15) is 13.2 Å². The largest absolute Gasteiger partial charge is 0.491 e. The lowest BCUT2D eigenvalue weighted by Gasteiger charge is -2.14. The fraction of sp³-hybridized carbons (Fsp3) is 0.103. The van der Waals surface area contributed by atoms with Gasteiger partial charge in [-0.15, -0.1) is 0 Å². The first-order chi connectivity index (χ1) is 20.0. The molecule has 4 aromatic rings. The summed E-state index contributed by atoms with van der Waals surface area (Å²) in [6.45, 7) is 0.153. The third-order valence-corrected chi connectivity index (χ3v) is 7.68. The molecule has 0 spiro atoms. The number of alkyl halides is 3. The van der Waals surface area contributed by atoms with E-state index in [1.807, 2.05) is 42.5 Å². The minimum absolute atomic E-state index is 0.0492. The van der Waals surface area contributed by atoms with Crippen LogP contribution in [0, 0.1) is 10.1 Å². The predicted octanol–water partition coefficient (Wildman–Crippen LogP) is 8.44. The maximum Gasteiger partial charge on any atom is 0.416 e. The number of rotatable bonds is 8. The van der Waals surface area contributed by atoms with Crippen LogP contribution in [0.3, 0.4) is 0 Å². The second-order valence-corrected chi connectivity index (χ2v) is 10.7. The molecule has 2 amide bonds. The maximum atomic E-state index is 13.0. The van der Waals surface area contributed by atoms with Crippen LogP contribution in [0.2, 0.25) is 0 Å². The Morgan fingerprint density at radius 2 is 1.69 bits per heavy atom. The highest BCUT2D eigenvalue weighted by molar-refractivity contribution is 9.10. The molecular formula is C29H18BrF3N2O6S. The number of benzene rings is 4. The average molecular weight is 659 g/mol. The quantitative estimate of drug-likeness (QED) is 0.106. The molecule has 0 aliphatic carbocycles. The standard InChI is InChI=1S/C29H18BrF3N2O6S/c30-21-14-17(8-10-24(21)41-25-11-9-19(29(31,32)33)16-22(25)35(38)39)15-26-27(36)34(28(37)42-26)12-13-40-23-7-3-5-18-4-1-2-6-20(18)23/h1-11,14-16H,12-13H2/b26-15-. The highest BCUT2D eigenvalue weighted by Crippen LogP contribution is 2.40. The maximum absolute atomic E-state index is 13.0. The zero-order valence-corrected chi connectivity index (χ0v) is 23.7. The van der Waals surface area contributed by atoms with Crippen molar-refractivity contribution in [1.29, 1.82) is 0 Å². The Morgan fingerprint density at radius 1 is 0.952 bits per heavy atom. The molecule has 13 heteroatoms. The molecule has 0 atom stereocenters. The third kappa shape index (κ3) is 6.26. The molecule has 8 nitrogen and oxygen atoms in total. The zero-order valence-electron chi connectivity index (χ0n) is 21.3. The minimum atomic E-state index is -4.75. The molecule has 1 aliphatic heterocycles. The number of nitrogens with zero attached hydrogens (tertiary/aromatic N) is 2. The summed E-state index contributed by atoms with van der Waals surface area (Å²) in [6, 6.07) is 19.8. The van der Waals surface area contributed by atoms with Crippen molar-refractivity contribution in [2.24, 2.45) is 0 Å². The van der Waals surface area contributed by atoms with Crippen LogP contribution in [0.15, 0.2) is 88.2 Å². The lowest BCUT2D eigenvalue weighted by atomic mass is 10.1. The van der Waals surface area contributed by atoms with Crippen molar-refractivity contribution in [2.75, 3.05) is 13.2 Å². The van der Waals surface area contributed by atoms with Gasteiger partial charge in [-0.25, -0.2) is 0 Å². The summed E-state index contributed by atoms with van der Waals surface area (Å²) >= 11 is 4.06. The van der Waals surface area contributed by atoms with E-state index in [1.54, 1.807) is 6.07 Å². The number of carbonyl (C=O) groups is 2. The highest BCUT2D eigenvalue weighted by Gasteiger charge is 2.35. The molecule has 0 radical (unpaired) electrons. The Bertz CT molecular complexity index is 1760. The van der Waals surface area contributed by atoms with Crippen molar-refractivity contribution < 1.29 is 37.2 Å². The van der Waals surface area contributed by atoms with Crippen LogP contribution in [0.5, 0.6) is 17.2 Å².